The fraction of sp³-hybridized carbons (Fsp3) is 0.535. The van der Waals surface area contributed by atoms with Crippen LogP contribution in [0.4, 0.5) is 23.3 Å². The number of nitrogens with zero attached hydrogens (tertiary/aromatic N) is 10. The summed E-state index contributed by atoms with van der Waals surface area (Å²) in [7, 11) is 0. The van der Waals surface area contributed by atoms with Gasteiger partial charge in [0.05, 0.1) is 30.4 Å². The number of anilines is 4. The third-order valence-corrected chi connectivity index (χ3v) is 11.8. The Kier molecular flexibility index (Phi) is 13.1. The van der Waals surface area contributed by atoms with Gasteiger partial charge in [-0.25, -0.2) is 9.97 Å². The van der Waals surface area contributed by atoms with E-state index >= 15 is 0 Å². The molecule has 0 saturated heterocycles. The van der Waals surface area contributed by atoms with Gasteiger partial charge in [0, 0.05) is 67.5 Å². The largest absolute Gasteiger partial charge is 0.464 e. The van der Waals surface area contributed by atoms with Gasteiger partial charge in [0.25, 0.3) is 0 Å². The molecule has 2 aliphatic rings. The summed E-state index contributed by atoms with van der Waals surface area (Å²) in [6.45, 7) is 13.8. The van der Waals surface area contributed by atoms with Gasteiger partial charge in [-0.1, -0.05) is 60.3 Å². The topological polar surface area (TPSA) is 164 Å². The van der Waals surface area contributed by atoms with Crippen molar-refractivity contribution in [2.75, 3.05) is 17.2 Å². The molecule has 2 N–H and O–H groups in total. The molecule has 8 rings (SSSR count). The number of rotatable bonds is 17. The van der Waals surface area contributed by atoms with Gasteiger partial charge in [-0.15, -0.1) is 0 Å². The molecule has 2 fully saturated rings. The van der Waals surface area contributed by atoms with Crippen molar-refractivity contribution in [1.29, 1.82) is 0 Å². The Hall–Kier alpha value is -5.60. The predicted octanol–water partition coefficient (Wildman–Crippen LogP) is 8.50. The van der Waals surface area contributed by atoms with E-state index in [4.69, 9.17) is 14.7 Å². The number of esters is 1. The SMILES string of the molecule is CCC(CC)Cn1ccc2cnc(Nc3cnn(C4CCCC4=O)c3)nc21.CC[C@H](Cn1ccc2cnc(Nc3cnn(CC(=O)OCC4CCC4)c3)nc21)C(C)C. The maximum absolute atomic E-state index is 12.0. The maximum Gasteiger partial charge on any atom is 0.327 e. The third-order valence-electron chi connectivity index (χ3n) is 11.8. The lowest BCUT2D eigenvalue weighted by Crippen LogP contribution is -2.22. The zero-order chi connectivity index (χ0) is 40.6. The zero-order valence-electron chi connectivity index (χ0n) is 34.5. The molecular weight excluding hydrogens is 733 g/mol. The second-order valence-corrected chi connectivity index (χ2v) is 16.2. The van der Waals surface area contributed by atoms with Gasteiger partial charge in [-0.2, -0.15) is 20.2 Å². The normalized spacial score (nSPS) is 16.2. The maximum atomic E-state index is 12.0. The van der Waals surface area contributed by atoms with Gasteiger partial charge < -0.3 is 24.5 Å². The van der Waals surface area contributed by atoms with Gasteiger partial charge in [-0.05, 0) is 61.5 Å². The molecule has 0 bridgehead atoms. The van der Waals surface area contributed by atoms with Crippen LogP contribution in [0.25, 0.3) is 22.1 Å². The fourth-order valence-electron chi connectivity index (χ4n) is 7.72. The minimum Gasteiger partial charge on any atom is -0.464 e. The van der Waals surface area contributed by atoms with Crippen molar-refractivity contribution in [2.24, 2.45) is 23.7 Å². The molecule has 308 valence electrons. The van der Waals surface area contributed by atoms with Crippen LogP contribution in [0.2, 0.25) is 0 Å². The number of ketones is 1. The first-order valence-electron chi connectivity index (χ1n) is 21.1. The molecule has 0 amide bonds. The first kappa shape index (κ1) is 40.6. The molecule has 0 aromatic carbocycles. The molecule has 6 heterocycles. The highest BCUT2D eigenvalue weighted by molar-refractivity contribution is 5.84. The van der Waals surface area contributed by atoms with E-state index in [1.54, 1.807) is 28.0 Å². The second-order valence-electron chi connectivity index (χ2n) is 16.2. The van der Waals surface area contributed by atoms with E-state index in [1.165, 1.54) is 6.42 Å². The average Bonchev–Trinajstić information content (AvgIpc) is 4.05. The Morgan fingerprint density at radius 2 is 1.45 bits per heavy atom. The van der Waals surface area contributed by atoms with Crippen LogP contribution in [0.5, 0.6) is 0 Å². The molecule has 15 nitrogen and oxygen atoms in total. The van der Waals surface area contributed by atoms with E-state index in [-0.39, 0.29) is 24.3 Å². The van der Waals surface area contributed by atoms with Gasteiger partial charge in [0.15, 0.2) is 5.78 Å². The molecular formula is C43H58N12O3. The highest BCUT2D eigenvalue weighted by Crippen LogP contribution is 2.28. The monoisotopic (exact) mass is 790 g/mol. The van der Waals surface area contributed by atoms with Gasteiger partial charge in [-0.3, -0.25) is 19.0 Å². The summed E-state index contributed by atoms with van der Waals surface area (Å²) >= 11 is 0. The molecule has 1 unspecified atom stereocenters. The van der Waals surface area contributed by atoms with Crippen LogP contribution in [0.1, 0.15) is 98.4 Å². The van der Waals surface area contributed by atoms with Gasteiger partial charge in [0.1, 0.15) is 23.9 Å². The van der Waals surface area contributed by atoms with Crippen LogP contribution in [-0.4, -0.2) is 67.0 Å². The lowest BCUT2D eigenvalue weighted by Gasteiger charge is -2.24. The van der Waals surface area contributed by atoms with Crippen LogP contribution in [-0.2, 0) is 34.0 Å². The van der Waals surface area contributed by atoms with E-state index in [9.17, 15) is 9.59 Å². The summed E-state index contributed by atoms with van der Waals surface area (Å²) < 4.78 is 13.1. The van der Waals surface area contributed by atoms with E-state index in [0.29, 0.717) is 48.6 Å². The Labute approximate surface area is 340 Å². The number of carbonyl (C=O) groups is 2. The van der Waals surface area contributed by atoms with Crippen molar-refractivity contribution in [2.45, 2.75) is 118 Å². The number of nitrogens with one attached hydrogen (secondary N) is 2. The van der Waals surface area contributed by atoms with E-state index < -0.39 is 0 Å². The summed E-state index contributed by atoms with van der Waals surface area (Å²) in [6.07, 6.45) is 24.4. The highest BCUT2D eigenvalue weighted by Gasteiger charge is 2.27. The Balaban J connectivity index is 0.000000178. The standard InChI is InChI=1S/C23H32N6O2.C20H26N6O/c1-4-18(16(2)3)12-28-9-8-19-10-24-23(27-22(19)28)26-20-11-25-29(13-20)14-21(30)31-15-17-6-5-7-17;1-3-14(4-2)12-25-9-8-15-10-21-20(24-19(15)25)23-16-11-22-26(13-16)17-6-5-7-18(17)27/h8-11,13,16-18H,4-7,12,14-15H2,1-3H3,(H,24,26,27);8-11,13-14,17H,3-7,12H2,1-2H3,(H,21,23,24)/t18-;/m1./s1. The molecule has 58 heavy (non-hydrogen) atoms. The first-order valence-corrected chi connectivity index (χ1v) is 21.1. The molecule has 2 saturated carbocycles. The summed E-state index contributed by atoms with van der Waals surface area (Å²) in [5, 5.41) is 17.1. The van der Waals surface area contributed by atoms with Crippen molar-refractivity contribution in [3.05, 3.63) is 61.7 Å². The Morgan fingerprint density at radius 1 is 0.810 bits per heavy atom. The molecule has 0 radical (unpaired) electrons. The van der Waals surface area contributed by atoms with Gasteiger partial charge >= 0.3 is 5.97 Å². The quantitative estimate of drug-likeness (QED) is 0.0852. The van der Waals surface area contributed by atoms with Crippen molar-refractivity contribution in [3.8, 4) is 0 Å². The average molecular weight is 791 g/mol. The number of carbonyl (C=O) groups excluding carboxylic acids is 2. The predicted molar refractivity (Wildman–Crippen MR) is 225 cm³/mol. The highest BCUT2D eigenvalue weighted by atomic mass is 16.5. The molecule has 0 aliphatic heterocycles. The smallest absolute Gasteiger partial charge is 0.327 e. The van der Waals surface area contributed by atoms with Crippen LogP contribution in [0.15, 0.2) is 61.7 Å². The number of aromatic nitrogens is 10. The molecule has 2 aliphatic carbocycles. The zero-order valence-corrected chi connectivity index (χ0v) is 34.5. The lowest BCUT2D eigenvalue weighted by molar-refractivity contribution is -0.146. The number of fused-ring (bicyclic) bond motifs is 2. The van der Waals surface area contributed by atoms with Crippen LogP contribution >= 0.6 is 0 Å². The number of ether oxygens (including phenoxy) is 1. The van der Waals surface area contributed by atoms with Crippen LogP contribution in [0.3, 0.4) is 0 Å². The molecule has 15 heteroatoms. The number of Topliss-reactive ketones (excluding diaryl/α,β-unsaturated/α-hetero) is 1. The summed E-state index contributed by atoms with van der Waals surface area (Å²) in [5.41, 5.74) is 3.39. The van der Waals surface area contributed by atoms with E-state index in [1.807, 2.05) is 18.6 Å². The fourth-order valence-corrected chi connectivity index (χ4v) is 7.72. The summed E-state index contributed by atoms with van der Waals surface area (Å²) in [5.74, 6) is 3.47. The molecule has 6 aromatic heterocycles. The van der Waals surface area contributed by atoms with Crippen molar-refractivity contribution in [1.82, 2.24) is 48.6 Å². The van der Waals surface area contributed by atoms with Crippen LogP contribution in [0, 0.1) is 23.7 Å². The molecule has 0 spiro atoms. The van der Waals surface area contributed by atoms with Gasteiger partial charge in [0.2, 0.25) is 11.9 Å². The lowest BCUT2D eigenvalue weighted by atomic mass is 9.86. The van der Waals surface area contributed by atoms with Crippen molar-refractivity contribution in [3.63, 3.8) is 0 Å². The first-order chi connectivity index (χ1) is 28.2. The Bertz CT molecular complexity index is 2280. The summed E-state index contributed by atoms with van der Waals surface area (Å²) in [4.78, 5) is 42.2. The summed E-state index contributed by atoms with van der Waals surface area (Å²) in [6, 6.07) is 3.99. The Morgan fingerprint density at radius 3 is 2.02 bits per heavy atom. The minimum atomic E-state index is -0.257. The number of hydrogen-bond acceptors (Lipinski definition) is 11. The third kappa shape index (κ3) is 9.91. The number of hydrogen-bond donors (Lipinski definition) is 2. The van der Waals surface area contributed by atoms with E-state index in [2.05, 4.69) is 99.1 Å². The van der Waals surface area contributed by atoms with Crippen molar-refractivity contribution < 1.29 is 14.3 Å². The van der Waals surface area contributed by atoms with Crippen LogP contribution < -0.4 is 10.6 Å². The minimum absolute atomic E-state index is 0.102. The second kappa shape index (κ2) is 18.8. The van der Waals surface area contributed by atoms with E-state index in [0.717, 1.165) is 91.5 Å². The van der Waals surface area contributed by atoms with Crippen molar-refractivity contribution >= 4 is 57.1 Å². The molecule has 2 atom stereocenters. The molecule has 6 aromatic rings.